The molecular formula is C11H16BrClN2O2. The standard InChI is InChI=1S/C11H15BrN2O2.ClH/c12-8-4-5-16-10(8)11(15)14-9-3-1-2-7(9)6-13;/h4-5,7,9H,1-3,6,13H2,(H,14,15);1H. The Morgan fingerprint density at radius 1 is 1.59 bits per heavy atom. The van der Waals surface area contributed by atoms with Crippen molar-refractivity contribution >= 4 is 34.2 Å². The zero-order valence-electron chi connectivity index (χ0n) is 9.32. The molecule has 17 heavy (non-hydrogen) atoms. The second-order valence-corrected chi connectivity index (χ2v) is 4.96. The van der Waals surface area contributed by atoms with Gasteiger partial charge in [-0.25, -0.2) is 0 Å². The fraction of sp³-hybridized carbons (Fsp3) is 0.545. The van der Waals surface area contributed by atoms with Crippen LogP contribution in [-0.4, -0.2) is 18.5 Å². The summed E-state index contributed by atoms with van der Waals surface area (Å²) in [5.74, 6) is 0.572. The highest BCUT2D eigenvalue weighted by Gasteiger charge is 2.28. The van der Waals surface area contributed by atoms with E-state index in [4.69, 9.17) is 10.2 Å². The van der Waals surface area contributed by atoms with Crippen LogP contribution in [0, 0.1) is 5.92 Å². The first-order chi connectivity index (χ1) is 7.72. The third kappa shape index (κ3) is 3.24. The molecule has 0 aromatic carbocycles. The summed E-state index contributed by atoms with van der Waals surface area (Å²) in [6, 6.07) is 1.90. The third-order valence-corrected chi connectivity index (χ3v) is 3.73. The lowest BCUT2D eigenvalue weighted by Crippen LogP contribution is -2.39. The third-order valence-electron chi connectivity index (χ3n) is 3.10. The minimum Gasteiger partial charge on any atom is -0.458 e. The number of carbonyl (C=O) groups is 1. The fourth-order valence-electron chi connectivity index (χ4n) is 2.20. The molecule has 1 aliphatic carbocycles. The van der Waals surface area contributed by atoms with Gasteiger partial charge in [0.25, 0.3) is 5.91 Å². The topological polar surface area (TPSA) is 68.3 Å². The van der Waals surface area contributed by atoms with Gasteiger partial charge in [0.1, 0.15) is 0 Å². The summed E-state index contributed by atoms with van der Waals surface area (Å²) in [5.41, 5.74) is 5.66. The summed E-state index contributed by atoms with van der Waals surface area (Å²) in [5, 5.41) is 2.98. The van der Waals surface area contributed by atoms with Gasteiger partial charge in [-0.2, -0.15) is 0 Å². The van der Waals surface area contributed by atoms with Crippen molar-refractivity contribution in [1.82, 2.24) is 5.32 Å². The predicted octanol–water partition coefficient (Wildman–Crippen LogP) is 2.32. The van der Waals surface area contributed by atoms with Gasteiger partial charge in [-0.15, -0.1) is 12.4 Å². The lowest BCUT2D eigenvalue weighted by molar-refractivity contribution is 0.0899. The van der Waals surface area contributed by atoms with Crippen molar-refractivity contribution in [2.75, 3.05) is 6.54 Å². The summed E-state index contributed by atoms with van der Waals surface area (Å²) in [4.78, 5) is 11.9. The van der Waals surface area contributed by atoms with E-state index in [1.807, 2.05) is 0 Å². The number of rotatable bonds is 3. The van der Waals surface area contributed by atoms with E-state index in [-0.39, 0.29) is 24.4 Å². The smallest absolute Gasteiger partial charge is 0.288 e. The maximum Gasteiger partial charge on any atom is 0.288 e. The maximum absolute atomic E-state index is 11.9. The Bertz CT molecular complexity index is 383. The molecule has 6 heteroatoms. The van der Waals surface area contributed by atoms with Gasteiger partial charge in [-0.3, -0.25) is 4.79 Å². The molecule has 1 aromatic rings. The monoisotopic (exact) mass is 322 g/mol. The molecule has 1 amide bonds. The van der Waals surface area contributed by atoms with Crippen LogP contribution in [0.5, 0.6) is 0 Å². The van der Waals surface area contributed by atoms with Crippen LogP contribution < -0.4 is 11.1 Å². The van der Waals surface area contributed by atoms with Crippen molar-refractivity contribution in [1.29, 1.82) is 0 Å². The van der Waals surface area contributed by atoms with E-state index in [9.17, 15) is 4.79 Å². The van der Waals surface area contributed by atoms with Crippen LogP contribution in [-0.2, 0) is 0 Å². The number of hydrogen-bond donors (Lipinski definition) is 2. The molecule has 2 unspecified atom stereocenters. The molecule has 0 spiro atoms. The van der Waals surface area contributed by atoms with Crippen LogP contribution in [0.2, 0.25) is 0 Å². The van der Waals surface area contributed by atoms with E-state index >= 15 is 0 Å². The SMILES string of the molecule is Cl.NCC1CCCC1NC(=O)c1occc1Br. The van der Waals surface area contributed by atoms with Crippen LogP contribution in [0.1, 0.15) is 29.8 Å². The van der Waals surface area contributed by atoms with Crippen LogP contribution in [0.4, 0.5) is 0 Å². The van der Waals surface area contributed by atoms with Crippen molar-refractivity contribution in [3.8, 4) is 0 Å². The van der Waals surface area contributed by atoms with E-state index in [1.54, 1.807) is 6.07 Å². The lowest BCUT2D eigenvalue weighted by Gasteiger charge is -2.18. The zero-order valence-corrected chi connectivity index (χ0v) is 11.7. The number of nitrogens with one attached hydrogen (secondary N) is 1. The van der Waals surface area contributed by atoms with Crippen LogP contribution in [0.25, 0.3) is 0 Å². The average Bonchev–Trinajstić information content (AvgIpc) is 2.86. The number of hydrogen-bond acceptors (Lipinski definition) is 3. The lowest BCUT2D eigenvalue weighted by atomic mass is 10.0. The first-order valence-corrected chi connectivity index (χ1v) is 6.25. The van der Waals surface area contributed by atoms with Crippen molar-refractivity contribution in [2.45, 2.75) is 25.3 Å². The summed E-state index contributed by atoms with van der Waals surface area (Å²) in [7, 11) is 0. The maximum atomic E-state index is 11.9. The second kappa shape index (κ2) is 6.42. The van der Waals surface area contributed by atoms with E-state index < -0.39 is 0 Å². The van der Waals surface area contributed by atoms with Gasteiger partial charge in [-0.05, 0) is 47.3 Å². The fourth-order valence-corrected chi connectivity index (χ4v) is 2.58. The summed E-state index contributed by atoms with van der Waals surface area (Å²) >= 11 is 3.27. The van der Waals surface area contributed by atoms with E-state index in [0.29, 0.717) is 22.7 Å². The van der Waals surface area contributed by atoms with Gasteiger partial charge in [0.2, 0.25) is 5.76 Å². The largest absolute Gasteiger partial charge is 0.458 e. The molecule has 1 saturated carbocycles. The molecule has 1 aliphatic rings. The first-order valence-electron chi connectivity index (χ1n) is 5.46. The van der Waals surface area contributed by atoms with Gasteiger partial charge < -0.3 is 15.5 Å². The Balaban J connectivity index is 0.00000144. The van der Waals surface area contributed by atoms with Crippen LogP contribution in [0.3, 0.4) is 0 Å². The van der Waals surface area contributed by atoms with Gasteiger partial charge in [-0.1, -0.05) is 6.42 Å². The highest BCUT2D eigenvalue weighted by atomic mass is 79.9. The Kier molecular flexibility index (Phi) is 5.49. The molecule has 1 fully saturated rings. The van der Waals surface area contributed by atoms with Crippen LogP contribution >= 0.6 is 28.3 Å². The Labute approximate surface area is 115 Å². The van der Waals surface area contributed by atoms with Gasteiger partial charge in [0, 0.05) is 6.04 Å². The normalized spacial score (nSPS) is 23.2. The number of furan rings is 1. The highest BCUT2D eigenvalue weighted by molar-refractivity contribution is 9.10. The second-order valence-electron chi connectivity index (χ2n) is 4.10. The molecule has 96 valence electrons. The molecule has 2 rings (SSSR count). The number of nitrogens with two attached hydrogens (primary N) is 1. The zero-order chi connectivity index (χ0) is 11.5. The minimum absolute atomic E-state index is 0. The molecule has 0 radical (unpaired) electrons. The van der Waals surface area contributed by atoms with Crippen molar-refractivity contribution in [3.63, 3.8) is 0 Å². The van der Waals surface area contributed by atoms with E-state index in [2.05, 4.69) is 21.2 Å². The Hall–Kier alpha value is -0.520. The van der Waals surface area contributed by atoms with Crippen molar-refractivity contribution in [3.05, 3.63) is 22.6 Å². The number of amides is 1. The molecule has 3 N–H and O–H groups in total. The Morgan fingerprint density at radius 3 is 2.94 bits per heavy atom. The van der Waals surface area contributed by atoms with Gasteiger partial charge >= 0.3 is 0 Å². The molecule has 2 atom stereocenters. The highest BCUT2D eigenvalue weighted by Crippen LogP contribution is 2.25. The van der Waals surface area contributed by atoms with E-state index in [0.717, 1.165) is 19.3 Å². The average molecular weight is 324 g/mol. The van der Waals surface area contributed by atoms with Crippen molar-refractivity contribution in [2.24, 2.45) is 11.7 Å². The molecule has 1 aromatic heterocycles. The number of carbonyl (C=O) groups excluding carboxylic acids is 1. The quantitative estimate of drug-likeness (QED) is 0.897. The number of halogens is 2. The molecule has 4 nitrogen and oxygen atoms in total. The molecule has 1 heterocycles. The predicted molar refractivity (Wildman–Crippen MR) is 71.3 cm³/mol. The van der Waals surface area contributed by atoms with Gasteiger partial charge in [0.15, 0.2) is 0 Å². The van der Waals surface area contributed by atoms with E-state index in [1.165, 1.54) is 6.26 Å². The molecule has 0 aliphatic heterocycles. The summed E-state index contributed by atoms with van der Waals surface area (Å²) < 4.78 is 5.80. The molecular weight excluding hydrogens is 307 g/mol. The molecule has 0 bridgehead atoms. The molecule has 0 saturated heterocycles. The summed E-state index contributed by atoms with van der Waals surface area (Å²) in [6.45, 7) is 0.629. The Morgan fingerprint density at radius 2 is 2.35 bits per heavy atom. The minimum atomic E-state index is -0.165. The summed E-state index contributed by atoms with van der Waals surface area (Å²) in [6.07, 6.45) is 4.73. The van der Waals surface area contributed by atoms with Crippen LogP contribution in [0.15, 0.2) is 21.2 Å². The first kappa shape index (κ1) is 14.5. The van der Waals surface area contributed by atoms with Gasteiger partial charge in [0.05, 0.1) is 10.7 Å². The van der Waals surface area contributed by atoms with Crippen molar-refractivity contribution < 1.29 is 9.21 Å².